The standard InChI is InChI=1S/C10H9ClF3NO2/c1-17-9(16)8(15)6-4-5(10(12,13)14)2-3-7(6)11/h2-4,8H,15H2,1H3/t8-/m1/s1. The number of hydrogen-bond acceptors (Lipinski definition) is 3. The van der Waals surface area contributed by atoms with Crippen LogP contribution >= 0.6 is 11.6 Å². The average Bonchev–Trinajstić information content (AvgIpc) is 2.26. The van der Waals surface area contributed by atoms with Gasteiger partial charge in [0.25, 0.3) is 0 Å². The van der Waals surface area contributed by atoms with Crippen molar-refractivity contribution in [2.45, 2.75) is 12.2 Å². The van der Waals surface area contributed by atoms with E-state index in [4.69, 9.17) is 17.3 Å². The molecule has 0 aliphatic carbocycles. The Morgan fingerprint density at radius 1 is 1.47 bits per heavy atom. The number of alkyl halides is 3. The molecule has 0 fully saturated rings. The molecule has 0 heterocycles. The number of rotatable bonds is 2. The summed E-state index contributed by atoms with van der Waals surface area (Å²) >= 11 is 5.69. The number of carbonyl (C=O) groups is 1. The van der Waals surface area contributed by atoms with Gasteiger partial charge in [0, 0.05) is 5.02 Å². The molecule has 17 heavy (non-hydrogen) atoms. The Balaban J connectivity index is 3.20. The van der Waals surface area contributed by atoms with Gasteiger partial charge in [-0.15, -0.1) is 0 Å². The number of ether oxygens (including phenoxy) is 1. The maximum atomic E-state index is 12.4. The maximum absolute atomic E-state index is 12.4. The Morgan fingerprint density at radius 3 is 2.53 bits per heavy atom. The first-order valence-corrected chi connectivity index (χ1v) is 4.85. The molecule has 1 aromatic carbocycles. The van der Waals surface area contributed by atoms with E-state index >= 15 is 0 Å². The summed E-state index contributed by atoms with van der Waals surface area (Å²) in [6, 6.07) is 1.26. The monoisotopic (exact) mass is 267 g/mol. The van der Waals surface area contributed by atoms with Gasteiger partial charge in [-0.05, 0) is 23.8 Å². The molecule has 0 unspecified atom stereocenters. The summed E-state index contributed by atoms with van der Waals surface area (Å²) in [5.74, 6) is -0.855. The van der Waals surface area contributed by atoms with E-state index < -0.39 is 23.8 Å². The molecule has 0 saturated heterocycles. The first-order chi connectivity index (χ1) is 7.77. The van der Waals surface area contributed by atoms with Crippen LogP contribution in [0.1, 0.15) is 17.2 Å². The van der Waals surface area contributed by atoms with Gasteiger partial charge in [-0.25, -0.2) is 0 Å². The summed E-state index contributed by atoms with van der Waals surface area (Å²) in [4.78, 5) is 11.1. The molecule has 0 aliphatic rings. The van der Waals surface area contributed by atoms with Crippen molar-refractivity contribution in [3.8, 4) is 0 Å². The highest BCUT2D eigenvalue weighted by atomic mass is 35.5. The maximum Gasteiger partial charge on any atom is 0.416 e. The average molecular weight is 268 g/mol. The van der Waals surface area contributed by atoms with Gasteiger partial charge < -0.3 is 10.5 Å². The molecule has 0 radical (unpaired) electrons. The zero-order valence-electron chi connectivity index (χ0n) is 8.72. The zero-order valence-corrected chi connectivity index (χ0v) is 9.47. The van der Waals surface area contributed by atoms with Gasteiger partial charge in [0.1, 0.15) is 6.04 Å². The molecule has 0 spiro atoms. The fourth-order valence-electron chi connectivity index (χ4n) is 1.21. The Labute approximate surface area is 100 Å². The van der Waals surface area contributed by atoms with Crippen LogP contribution in [-0.2, 0) is 15.7 Å². The van der Waals surface area contributed by atoms with Crippen LogP contribution < -0.4 is 5.73 Å². The minimum atomic E-state index is -4.52. The molecule has 0 bridgehead atoms. The van der Waals surface area contributed by atoms with Crippen LogP contribution in [0.2, 0.25) is 5.02 Å². The van der Waals surface area contributed by atoms with Crippen molar-refractivity contribution in [2.75, 3.05) is 7.11 Å². The lowest BCUT2D eigenvalue weighted by atomic mass is 10.0. The fraction of sp³-hybridized carbons (Fsp3) is 0.300. The van der Waals surface area contributed by atoms with Crippen molar-refractivity contribution in [1.29, 1.82) is 0 Å². The first kappa shape index (κ1) is 13.8. The molecule has 0 amide bonds. The number of halogens is 4. The predicted molar refractivity (Wildman–Crippen MR) is 55.4 cm³/mol. The number of esters is 1. The van der Waals surface area contributed by atoms with Crippen molar-refractivity contribution in [3.63, 3.8) is 0 Å². The third-order valence-electron chi connectivity index (χ3n) is 2.11. The number of nitrogens with two attached hydrogens (primary N) is 1. The molecule has 1 rings (SSSR count). The minimum absolute atomic E-state index is 0.0177. The third-order valence-corrected chi connectivity index (χ3v) is 2.46. The Bertz CT molecular complexity index is 434. The van der Waals surface area contributed by atoms with Crippen LogP contribution in [0.3, 0.4) is 0 Å². The van der Waals surface area contributed by atoms with Crippen molar-refractivity contribution < 1.29 is 22.7 Å². The summed E-state index contributed by atoms with van der Waals surface area (Å²) in [7, 11) is 1.09. The second-order valence-electron chi connectivity index (χ2n) is 3.23. The van der Waals surface area contributed by atoms with E-state index in [2.05, 4.69) is 4.74 Å². The Kier molecular flexibility index (Phi) is 4.00. The first-order valence-electron chi connectivity index (χ1n) is 4.47. The number of methoxy groups -OCH3 is 1. The van der Waals surface area contributed by atoms with Crippen molar-refractivity contribution in [2.24, 2.45) is 5.73 Å². The van der Waals surface area contributed by atoms with Crippen LogP contribution in [0, 0.1) is 0 Å². The van der Waals surface area contributed by atoms with E-state index in [1.54, 1.807) is 0 Å². The molecule has 94 valence electrons. The van der Waals surface area contributed by atoms with E-state index in [0.717, 1.165) is 25.3 Å². The summed E-state index contributed by atoms with van der Waals surface area (Å²) in [5.41, 5.74) is 4.40. The molecule has 1 atom stereocenters. The molecule has 2 N–H and O–H groups in total. The summed E-state index contributed by atoms with van der Waals surface area (Å²) in [5, 5.41) is -0.0177. The van der Waals surface area contributed by atoms with Gasteiger partial charge in [-0.2, -0.15) is 13.2 Å². The SMILES string of the molecule is COC(=O)[C@H](N)c1cc(C(F)(F)F)ccc1Cl. The number of hydrogen-bond donors (Lipinski definition) is 1. The second-order valence-corrected chi connectivity index (χ2v) is 3.64. The van der Waals surface area contributed by atoms with Crippen LogP contribution in [0.25, 0.3) is 0 Å². The molecular formula is C10H9ClF3NO2. The van der Waals surface area contributed by atoms with Gasteiger partial charge >= 0.3 is 12.1 Å². The van der Waals surface area contributed by atoms with Gasteiger partial charge in [-0.3, -0.25) is 4.79 Å². The summed E-state index contributed by atoms with van der Waals surface area (Å²) in [6.45, 7) is 0. The smallest absolute Gasteiger partial charge is 0.416 e. The number of carbonyl (C=O) groups excluding carboxylic acids is 1. The predicted octanol–water partition coefficient (Wildman–Crippen LogP) is 2.53. The van der Waals surface area contributed by atoms with E-state index in [1.165, 1.54) is 0 Å². The second kappa shape index (κ2) is 4.93. The summed E-state index contributed by atoms with van der Waals surface area (Å²) in [6.07, 6.45) is -4.52. The van der Waals surface area contributed by atoms with Crippen molar-refractivity contribution in [3.05, 3.63) is 34.3 Å². The van der Waals surface area contributed by atoms with Gasteiger partial charge in [0.05, 0.1) is 12.7 Å². The van der Waals surface area contributed by atoms with E-state index in [-0.39, 0.29) is 10.6 Å². The zero-order chi connectivity index (χ0) is 13.2. The van der Waals surface area contributed by atoms with E-state index in [1.807, 2.05) is 0 Å². The molecule has 0 saturated carbocycles. The third kappa shape index (κ3) is 3.10. The fourth-order valence-corrected chi connectivity index (χ4v) is 1.45. The van der Waals surface area contributed by atoms with E-state index in [9.17, 15) is 18.0 Å². The highest BCUT2D eigenvalue weighted by Gasteiger charge is 2.32. The lowest BCUT2D eigenvalue weighted by Gasteiger charge is -2.14. The lowest BCUT2D eigenvalue weighted by molar-refractivity contribution is -0.143. The molecule has 3 nitrogen and oxygen atoms in total. The summed E-state index contributed by atoms with van der Waals surface area (Å²) < 4.78 is 41.7. The van der Waals surface area contributed by atoms with E-state index in [0.29, 0.717) is 0 Å². The molecule has 0 aromatic heterocycles. The Hall–Kier alpha value is -1.27. The Morgan fingerprint density at radius 2 is 2.06 bits per heavy atom. The quantitative estimate of drug-likeness (QED) is 0.838. The molecular weight excluding hydrogens is 259 g/mol. The molecule has 0 aliphatic heterocycles. The van der Waals surface area contributed by atoms with Gasteiger partial charge in [0.15, 0.2) is 0 Å². The normalized spacial score (nSPS) is 13.3. The van der Waals surface area contributed by atoms with Crippen molar-refractivity contribution in [1.82, 2.24) is 0 Å². The van der Waals surface area contributed by atoms with Crippen LogP contribution in [0.5, 0.6) is 0 Å². The minimum Gasteiger partial charge on any atom is -0.468 e. The highest BCUT2D eigenvalue weighted by Crippen LogP contribution is 2.33. The molecule has 7 heteroatoms. The van der Waals surface area contributed by atoms with Crippen LogP contribution in [0.15, 0.2) is 18.2 Å². The lowest BCUT2D eigenvalue weighted by Crippen LogP contribution is -2.23. The topological polar surface area (TPSA) is 52.3 Å². The van der Waals surface area contributed by atoms with Crippen LogP contribution in [0.4, 0.5) is 13.2 Å². The largest absolute Gasteiger partial charge is 0.468 e. The van der Waals surface area contributed by atoms with Crippen molar-refractivity contribution >= 4 is 17.6 Å². The highest BCUT2D eigenvalue weighted by molar-refractivity contribution is 6.31. The van der Waals surface area contributed by atoms with Gasteiger partial charge in [-0.1, -0.05) is 11.6 Å². The van der Waals surface area contributed by atoms with Gasteiger partial charge in [0.2, 0.25) is 0 Å². The van der Waals surface area contributed by atoms with Crippen LogP contribution in [-0.4, -0.2) is 13.1 Å². The molecule has 1 aromatic rings. The number of benzene rings is 1.